The molecule has 1 aromatic rings. The fraction of sp³-hybridized carbons (Fsp3) is 0.500. The summed E-state index contributed by atoms with van der Waals surface area (Å²) in [7, 11) is 0. The maximum Gasteiger partial charge on any atom is 0.303 e. The van der Waals surface area contributed by atoms with Crippen molar-refractivity contribution in [2.75, 3.05) is 0 Å². The molecule has 0 aliphatic heterocycles. The molecule has 17 heavy (non-hydrogen) atoms. The number of benzene rings is 1. The zero-order chi connectivity index (χ0) is 12.3. The highest BCUT2D eigenvalue weighted by Crippen LogP contribution is 2.39. The van der Waals surface area contributed by atoms with Crippen molar-refractivity contribution in [3.63, 3.8) is 0 Å². The van der Waals surface area contributed by atoms with Gasteiger partial charge in [-0.25, -0.2) is 4.39 Å². The number of hydrogen-bond donors (Lipinski definition) is 1. The number of halogens is 1. The monoisotopic (exact) mass is 236 g/mol. The first-order valence-corrected chi connectivity index (χ1v) is 6.07. The summed E-state index contributed by atoms with van der Waals surface area (Å²) < 4.78 is 14.1. The molecular formula is C14H17FO2. The van der Waals surface area contributed by atoms with E-state index < -0.39 is 11.6 Å². The first kappa shape index (κ1) is 12.1. The van der Waals surface area contributed by atoms with Crippen LogP contribution in [-0.4, -0.2) is 16.7 Å². The quantitative estimate of drug-likeness (QED) is 0.852. The van der Waals surface area contributed by atoms with Gasteiger partial charge < -0.3 is 5.11 Å². The molecule has 3 heteroatoms. The maximum absolute atomic E-state index is 14.1. The molecule has 1 N–H and O–H groups in total. The number of aliphatic carboxylic acids is 1. The number of alkyl halides is 1. The van der Waals surface area contributed by atoms with Crippen LogP contribution >= 0.6 is 0 Å². The lowest BCUT2D eigenvalue weighted by Gasteiger charge is -2.34. The molecule has 0 heterocycles. The van der Waals surface area contributed by atoms with Crippen molar-refractivity contribution in [3.8, 4) is 0 Å². The fourth-order valence-corrected chi connectivity index (χ4v) is 2.29. The van der Waals surface area contributed by atoms with Gasteiger partial charge in [-0.15, -0.1) is 0 Å². The Labute approximate surface area is 100 Å². The fourth-order valence-electron chi connectivity index (χ4n) is 2.29. The van der Waals surface area contributed by atoms with E-state index in [2.05, 4.69) is 0 Å². The van der Waals surface area contributed by atoms with Gasteiger partial charge >= 0.3 is 5.97 Å². The van der Waals surface area contributed by atoms with Crippen molar-refractivity contribution in [2.45, 2.75) is 44.2 Å². The molecule has 0 aromatic heterocycles. The number of aryl methyl sites for hydroxylation is 1. The Morgan fingerprint density at radius 3 is 2.47 bits per heavy atom. The smallest absolute Gasteiger partial charge is 0.303 e. The highest BCUT2D eigenvalue weighted by atomic mass is 19.1. The lowest BCUT2D eigenvalue weighted by molar-refractivity contribution is -0.136. The third-order valence-corrected chi connectivity index (χ3v) is 3.48. The van der Waals surface area contributed by atoms with E-state index in [0.717, 1.165) is 17.5 Å². The van der Waals surface area contributed by atoms with Crippen LogP contribution in [0.1, 0.15) is 36.8 Å². The largest absolute Gasteiger partial charge is 0.481 e. The van der Waals surface area contributed by atoms with Crippen LogP contribution in [0.25, 0.3) is 0 Å². The molecule has 1 aliphatic carbocycles. The van der Waals surface area contributed by atoms with Crippen LogP contribution < -0.4 is 0 Å². The van der Waals surface area contributed by atoms with Crippen LogP contribution in [0.3, 0.4) is 0 Å². The van der Waals surface area contributed by atoms with Gasteiger partial charge in [-0.05, 0) is 36.8 Å². The Hall–Kier alpha value is -1.38. The second-order valence-corrected chi connectivity index (χ2v) is 4.84. The zero-order valence-electron chi connectivity index (χ0n) is 9.79. The van der Waals surface area contributed by atoms with Gasteiger partial charge in [-0.1, -0.05) is 24.3 Å². The minimum Gasteiger partial charge on any atom is -0.481 e. The minimum absolute atomic E-state index is 0.107. The summed E-state index contributed by atoms with van der Waals surface area (Å²) in [5.74, 6) is -0.807. The molecule has 0 spiro atoms. The molecular weight excluding hydrogens is 219 g/mol. The first-order chi connectivity index (χ1) is 8.09. The molecule has 2 nitrogen and oxygen atoms in total. The SMILES string of the molecule is O=C(O)CCc1ccccc1CC1(F)CCC1. The Balaban J connectivity index is 2.07. The molecule has 0 radical (unpaired) electrons. The second-order valence-electron chi connectivity index (χ2n) is 4.84. The Morgan fingerprint density at radius 1 is 1.29 bits per heavy atom. The molecule has 92 valence electrons. The normalized spacial score (nSPS) is 17.5. The summed E-state index contributed by atoms with van der Waals surface area (Å²) in [4.78, 5) is 10.6. The van der Waals surface area contributed by atoms with E-state index in [1.165, 1.54) is 0 Å². The van der Waals surface area contributed by atoms with Crippen LogP contribution in [0.2, 0.25) is 0 Å². The Morgan fingerprint density at radius 2 is 1.94 bits per heavy atom. The van der Waals surface area contributed by atoms with E-state index in [4.69, 9.17) is 5.11 Å². The highest BCUT2D eigenvalue weighted by Gasteiger charge is 2.37. The lowest BCUT2D eigenvalue weighted by atomic mass is 9.77. The van der Waals surface area contributed by atoms with Crippen molar-refractivity contribution < 1.29 is 14.3 Å². The zero-order valence-corrected chi connectivity index (χ0v) is 9.79. The minimum atomic E-state index is -1.04. The van der Waals surface area contributed by atoms with Gasteiger partial charge in [0, 0.05) is 12.8 Å². The summed E-state index contributed by atoms with van der Waals surface area (Å²) in [6, 6.07) is 7.59. The van der Waals surface area contributed by atoms with E-state index >= 15 is 0 Å². The summed E-state index contributed by atoms with van der Waals surface area (Å²) in [6.07, 6.45) is 3.27. The number of carboxylic acids is 1. The molecule has 1 saturated carbocycles. The molecule has 1 aliphatic rings. The summed E-state index contributed by atoms with van der Waals surface area (Å²) in [5.41, 5.74) is 0.897. The predicted molar refractivity (Wildman–Crippen MR) is 63.8 cm³/mol. The second kappa shape index (κ2) is 4.86. The topological polar surface area (TPSA) is 37.3 Å². The van der Waals surface area contributed by atoms with Crippen LogP contribution in [-0.2, 0) is 17.6 Å². The number of hydrogen-bond acceptors (Lipinski definition) is 1. The molecule has 0 atom stereocenters. The number of carboxylic acid groups (broad SMARTS) is 1. The summed E-state index contributed by atoms with van der Waals surface area (Å²) >= 11 is 0. The Bertz CT molecular complexity index is 410. The van der Waals surface area contributed by atoms with Gasteiger partial charge in [-0.3, -0.25) is 4.79 Å². The third kappa shape index (κ3) is 3.05. The van der Waals surface area contributed by atoms with Gasteiger partial charge in [0.05, 0.1) is 0 Å². The molecule has 0 saturated heterocycles. The van der Waals surface area contributed by atoms with Gasteiger partial charge in [-0.2, -0.15) is 0 Å². The van der Waals surface area contributed by atoms with Crippen LogP contribution in [0.5, 0.6) is 0 Å². The average Bonchev–Trinajstić information content (AvgIpc) is 2.25. The van der Waals surface area contributed by atoms with E-state index in [9.17, 15) is 9.18 Å². The van der Waals surface area contributed by atoms with Gasteiger partial charge in [0.25, 0.3) is 0 Å². The molecule has 1 fully saturated rings. The van der Waals surface area contributed by atoms with Crippen molar-refractivity contribution in [1.29, 1.82) is 0 Å². The van der Waals surface area contributed by atoms with Crippen molar-refractivity contribution >= 4 is 5.97 Å². The van der Waals surface area contributed by atoms with E-state index in [-0.39, 0.29) is 6.42 Å². The highest BCUT2D eigenvalue weighted by molar-refractivity contribution is 5.67. The van der Waals surface area contributed by atoms with Crippen molar-refractivity contribution in [1.82, 2.24) is 0 Å². The predicted octanol–water partition coefficient (Wildman–Crippen LogP) is 3.14. The van der Waals surface area contributed by atoms with Crippen LogP contribution in [0.4, 0.5) is 4.39 Å². The standard InChI is InChI=1S/C14H17FO2/c15-14(8-3-9-14)10-12-5-2-1-4-11(12)6-7-13(16)17/h1-2,4-5H,3,6-10H2,(H,16,17). The molecule has 0 amide bonds. The Kier molecular flexibility index (Phi) is 3.46. The summed E-state index contributed by atoms with van der Waals surface area (Å²) in [6.45, 7) is 0. The number of rotatable bonds is 5. The van der Waals surface area contributed by atoms with Crippen LogP contribution in [0, 0.1) is 0 Å². The van der Waals surface area contributed by atoms with Crippen molar-refractivity contribution in [2.24, 2.45) is 0 Å². The van der Waals surface area contributed by atoms with E-state index in [0.29, 0.717) is 25.7 Å². The average molecular weight is 236 g/mol. The third-order valence-electron chi connectivity index (χ3n) is 3.48. The maximum atomic E-state index is 14.1. The molecule has 0 unspecified atom stereocenters. The van der Waals surface area contributed by atoms with E-state index in [1.807, 2.05) is 24.3 Å². The van der Waals surface area contributed by atoms with Gasteiger partial charge in [0.2, 0.25) is 0 Å². The first-order valence-electron chi connectivity index (χ1n) is 6.07. The molecule has 2 rings (SSSR count). The van der Waals surface area contributed by atoms with Gasteiger partial charge in [0.1, 0.15) is 5.67 Å². The van der Waals surface area contributed by atoms with Gasteiger partial charge in [0.15, 0.2) is 0 Å². The summed E-state index contributed by atoms with van der Waals surface area (Å²) in [5, 5.41) is 8.68. The van der Waals surface area contributed by atoms with E-state index in [1.54, 1.807) is 0 Å². The lowest BCUT2D eigenvalue weighted by Crippen LogP contribution is -2.34. The van der Waals surface area contributed by atoms with Crippen LogP contribution in [0.15, 0.2) is 24.3 Å². The molecule has 1 aromatic carbocycles. The molecule has 0 bridgehead atoms. The number of carbonyl (C=O) groups is 1. The van der Waals surface area contributed by atoms with Crippen molar-refractivity contribution in [3.05, 3.63) is 35.4 Å².